The Kier molecular flexibility index (Phi) is 1.11. The molecule has 2 heterocycles. The lowest BCUT2D eigenvalue weighted by Gasteiger charge is -1.84. The van der Waals surface area contributed by atoms with Gasteiger partial charge in [0.25, 0.3) is 0 Å². The molecule has 2 aliphatic heterocycles. The first kappa shape index (κ1) is 5.88. The monoisotopic (exact) mass is 146 g/mol. The molecule has 0 amide bonds. The molecule has 0 aliphatic carbocycles. The summed E-state index contributed by atoms with van der Waals surface area (Å²) in [5, 5.41) is 7.32. The number of hydrogen-bond acceptors (Lipinski definition) is 5. The lowest BCUT2D eigenvalue weighted by molar-refractivity contribution is 0.564. The average molecular weight is 146 g/mol. The molecule has 2 aliphatic rings. The van der Waals surface area contributed by atoms with Crippen LogP contribution in [0.4, 0.5) is 0 Å². The van der Waals surface area contributed by atoms with Gasteiger partial charge in [0.15, 0.2) is 0 Å². The molecule has 0 fully saturated rings. The van der Waals surface area contributed by atoms with Crippen LogP contribution in [-0.4, -0.2) is 12.3 Å². The van der Waals surface area contributed by atoms with Crippen LogP contribution in [0.25, 0.3) is 0 Å². The summed E-state index contributed by atoms with van der Waals surface area (Å²) in [5.74, 6) is 0.236. The number of carbonyl (C=O) groups excluding carboxylic acids is 1. The minimum atomic E-state index is 0.236. The van der Waals surface area contributed by atoms with Crippen molar-refractivity contribution in [2.24, 2.45) is 20.2 Å². The quantitative estimate of drug-likeness (QED) is 0.400. The summed E-state index contributed by atoms with van der Waals surface area (Å²) in [6.45, 7) is 0. The molecule has 52 valence electrons. The van der Waals surface area contributed by atoms with Crippen LogP contribution in [0.1, 0.15) is 0 Å². The maximum Gasteiger partial charge on any atom is 0.242 e. The van der Waals surface area contributed by atoms with Gasteiger partial charge in [-0.05, 0) is 6.08 Å². The number of aliphatic imine (C=N–C) groups is 2. The van der Waals surface area contributed by atoms with Gasteiger partial charge in [-0.15, -0.1) is 15.2 Å². The van der Waals surface area contributed by atoms with Gasteiger partial charge in [0.05, 0.1) is 0 Å². The summed E-state index contributed by atoms with van der Waals surface area (Å²) in [4.78, 5) is 17.1. The van der Waals surface area contributed by atoms with Crippen molar-refractivity contribution in [3.63, 3.8) is 0 Å². The maximum atomic E-state index is 9.85. The molecule has 0 spiro atoms. The molecular formula is C6H2N4O. The molecule has 0 radical (unpaired) electrons. The molecule has 2 rings (SSSR count). The van der Waals surface area contributed by atoms with Gasteiger partial charge in [0, 0.05) is 6.21 Å². The number of isocyanates is 1. The molecule has 11 heavy (non-hydrogen) atoms. The van der Waals surface area contributed by atoms with Crippen LogP contribution in [0.3, 0.4) is 0 Å². The summed E-state index contributed by atoms with van der Waals surface area (Å²) in [6.07, 6.45) is 4.67. The third-order valence-corrected chi connectivity index (χ3v) is 1.29. The lowest BCUT2D eigenvalue weighted by atomic mass is 10.4. The number of allylic oxidation sites excluding steroid dienone is 1. The average Bonchev–Trinajstić information content (AvgIpc) is 2.53. The van der Waals surface area contributed by atoms with Crippen LogP contribution in [-0.2, 0) is 4.79 Å². The minimum absolute atomic E-state index is 0.236. The van der Waals surface area contributed by atoms with E-state index in [1.165, 1.54) is 6.08 Å². The second kappa shape index (κ2) is 2.07. The zero-order chi connectivity index (χ0) is 7.68. The lowest BCUT2D eigenvalue weighted by Crippen LogP contribution is -1.75. The van der Waals surface area contributed by atoms with E-state index in [9.17, 15) is 4.79 Å². The smallest absolute Gasteiger partial charge is 0.242 e. The summed E-state index contributed by atoms with van der Waals surface area (Å²) in [7, 11) is 0. The first-order valence-electron chi connectivity index (χ1n) is 2.90. The predicted molar refractivity (Wildman–Crippen MR) is 36.6 cm³/mol. The van der Waals surface area contributed by atoms with Crippen molar-refractivity contribution in [3.8, 4) is 0 Å². The molecule has 0 aromatic heterocycles. The molecule has 0 saturated carbocycles. The van der Waals surface area contributed by atoms with E-state index in [2.05, 4.69) is 20.2 Å². The summed E-state index contributed by atoms with van der Waals surface area (Å²) >= 11 is 0. The molecule has 0 N–H and O–H groups in total. The Bertz CT molecular complexity index is 368. The predicted octanol–water partition coefficient (Wildman–Crippen LogP) is 0.925. The largest absolute Gasteiger partial charge is 0.250 e. The molecular weight excluding hydrogens is 144 g/mol. The number of azo groups is 1. The van der Waals surface area contributed by atoms with E-state index in [-0.39, 0.29) is 5.82 Å². The SMILES string of the molecule is O=C=NC1=C2N=CC=C2N=N1. The van der Waals surface area contributed by atoms with Gasteiger partial charge in [-0.25, -0.2) is 4.79 Å². The summed E-state index contributed by atoms with van der Waals surface area (Å²) in [5.41, 5.74) is 1.20. The molecule has 0 bridgehead atoms. The third kappa shape index (κ3) is 0.754. The van der Waals surface area contributed by atoms with Crippen LogP contribution in [0, 0.1) is 0 Å². The van der Waals surface area contributed by atoms with Crippen LogP contribution in [0.2, 0.25) is 0 Å². The van der Waals surface area contributed by atoms with Gasteiger partial charge in [0.1, 0.15) is 11.4 Å². The molecule has 0 unspecified atom stereocenters. The van der Waals surface area contributed by atoms with E-state index >= 15 is 0 Å². The molecule has 0 aromatic rings. The van der Waals surface area contributed by atoms with Crippen LogP contribution in [0.15, 0.2) is 43.5 Å². The Hall–Kier alpha value is -1.87. The highest BCUT2D eigenvalue weighted by atomic mass is 16.1. The molecule has 0 aromatic carbocycles. The zero-order valence-corrected chi connectivity index (χ0v) is 5.35. The van der Waals surface area contributed by atoms with E-state index in [0.29, 0.717) is 11.4 Å². The highest BCUT2D eigenvalue weighted by molar-refractivity contribution is 5.80. The topological polar surface area (TPSA) is 66.5 Å². The molecule has 5 nitrogen and oxygen atoms in total. The second-order valence-corrected chi connectivity index (χ2v) is 1.91. The minimum Gasteiger partial charge on any atom is -0.250 e. The van der Waals surface area contributed by atoms with Crippen molar-refractivity contribution in [2.75, 3.05) is 0 Å². The molecule has 0 saturated heterocycles. The Morgan fingerprint density at radius 2 is 2.36 bits per heavy atom. The molecule has 0 atom stereocenters. The van der Waals surface area contributed by atoms with Crippen molar-refractivity contribution in [1.29, 1.82) is 0 Å². The van der Waals surface area contributed by atoms with E-state index in [0.717, 1.165) is 0 Å². The number of hydrogen-bond donors (Lipinski definition) is 0. The summed E-state index contributed by atoms with van der Waals surface area (Å²) < 4.78 is 0. The van der Waals surface area contributed by atoms with Crippen molar-refractivity contribution >= 4 is 12.3 Å². The molecule has 5 heteroatoms. The highest BCUT2D eigenvalue weighted by Gasteiger charge is 2.18. The van der Waals surface area contributed by atoms with Gasteiger partial charge in [-0.1, -0.05) is 0 Å². The van der Waals surface area contributed by atoms with E-state index in [1.807, 2.05) is 0 Å². The zero-order valence-electron chi connectivity index (χ0n) is 5.35. The Labute approximate surface area is 61.6 Å². The van der Waals surface area contributed by atoms with Gasteiger partial charge in [0.2, 0.25) is 11.9 Å². The first-order chi connectivity index (χ1) is 5.42. The standard InChI is InChI=1S/C6H2N4O/c11-3-8-6-5-4(9-10-6)1-2-7-5/h1-2H. The second-order valence-electron chi connectivity index (χ2n) is 1.91. The van der Waals surface area contributed by atoms with Gasteiger partial charge in [-0.3, -0.25) is 4.99 Å². The van der Waals surface area contributed by atoms with Gasteiger partial charge < -0.3 is 0 Å². The Morgan fingerprint density at radius 1 is 1.45 bits per heavy atom. The Morgan fingerprint density at radius 3 is 3.18 bits per heavy atom. The number of nitrogens with zero attached hydrogens (tertiary/aromatic N) is 4. The fraction of sp³-hybridized carbons (Fsp3) is 0. The fourth-order valence-electron chi connectivity index (χ4n) is 0.848. The van der Waals surface area contributed by atoms with Crippen molar-refractivity contribution < 1.29 is 4.79 Å². The number of fused-ring (bicyclic) bond motifs is 1. The van der Waals surface area contributed by atoms with Crippen molar-refractivity contribution in [2.45, 2.75) is 0 Å². The van der Waals surface area contributed by atoms with Crippen LogP contribution >= 0.6 is 0 Å². The van der Waals surface area contributed by atoms with Crippen LogP contribution < -0.4 is 0 Å². The Balaban J connectivity index is 2.55. The fourth-order valence-corrected chi connectivity index (χ4v) is 0.848. The normalized spacial score (nSPS) is 18.4. The first-order valence-corrected chi connectivity index (χ1v) is 2.90. The van der Waals surface area contributed by atoms with Gasteiger partial charge in [-0.2, -0.15) is 0 Å². The summed E-state index contributed by atoms with van der Waals surface area (Å²) in [6, 6.07) is 0. The van der Waals surface area contributed by atoms with E-state index in [1.54, 1.807) is 12.3 Å². The van der Waals surface area contributed by atoms with Crippen molar-refractivity contribution in [1.82, 2.24) is 0 Å². The van der Waals surface area contributed by atoms with Crippen molar-refractivity contribution in [3.05, 3.63) is 23.3 Å². The maximum absolute atomic E-state index is 9.85. The van der Waals surface area contributed by atoms with E-state index < -0.39 is 0 Å². The van der Waals surface area contributed by atoms with Crippen LogP contribution in [0.5, 0.6) is 0 Å². The highest BCUT2D eigenvalue weighted by Crippen LogP contribution is 2.28. The number of rotatable bonds is 1. The van der Waals surface area contributed by atoms with Gasteiger partial charge >= 0.3 is 0 Å². The van der Waals surface area contributed by atoms with E-state index in [4.69, 9.17) is 0 Å². The third-order valence-electron chi connectivity index (χ3n) is 1.29.